The molecule has 0 amide bonds. The van der Waals surface area contributed by atoms with Crippen molar-refractivity contribution in [3.05, 3.63) is 21.7 Å². The van der Waals surface area contributed by atoms with Crippen molar-refractivity contribution in [2.45, 2.75) is 19.9 Å². The Kier molecular flexibility index (Phi) is 2.89. The van der Waals surface area contributed by atoms with E-state index in [2.05, 4.69) is 15.9 Å². The first-order valence-corrected chi connectivity index (χ1v) is 5.74. The summed E-state index contributed by atoms with van der Waals surface area (Å²) in [5.74, 6) is 1.58. The van der Waals surface area contributed by atoms with Crippen molar-refractivity contribution in [1.29, 1.82) is 0 Å². The summed E-state index contributed by atoms with van der Waals surface area (Å²) < 4.78 is 12.0. The van der Waals surface area contributed by atoms with Gasteiger partial charge in [-0.05, 0) is 47.0 Å². The van der Waals surface area contributed by atoms with Crippen molar-refractivity contribution in [2.24, 2.45) is 5.73 Å². The highest BCUT2D eigenvalue weighted by Crippen LogP contribution is 2.42. The molecule has 82 valence electrons. The highest BCUT2D eigenvalue weighted by atomic mass is 79.9. The van der Waals surface area contributed by atoms with Crippen molar-refractivity contribution in [1.82, 2.24) is 0 Å². The Labute approximate surface area is 97.7 Å². The summed E-state index contributed by atoms with van der Waals surface area (Å²) in [6.07, 6.45) is 0. The van der Waals surface area contributed by atoms with Gasteiger partial charge in [0, 0.05) is 6.04 Å². The zero-order valence-electron chi connectivity index (χ0n) is 8.84. The Morgan fingerprint density at radius 1 is 1.40 bits per heavy atom. The van der Waals surface area contributed by atoms with Gasteiger partial charge in [-0.25, -0.2) is 0 Å². The first kappa shape index (κ1) is 10.8. The van der Waals surface area contributed by atoms with Gasteiger partial charge in [0.25, 0.3) is 0 Å². The SMILES string of the molecule is Cc1c(C(C)N)cc2c(c1Br)OCCO2. The highest BCUT2D eigenvalue weighted by molar-refractivity contribution is 9.10. The molecule has 2 N–H and O–H groups in total. The fourth-order valence-electron chi connectivity index (χ4n) is 1.73. The first-order valence-electron chi connectivity index (χ1n) is 4.95. The van der Waals surface area contributed by atoms with Crippen molar-refractivity contribution >= 4 is 15.9 Å². The summed E-state index contributed by atoms with van der Waals surface area (Å²) >= 11 is 3.52. The number of hydrogen-bond acceptors (Lipinski definition) is 3. The van der Waals surface area contributed by atoms with E-state index in [1.807, 2.05) is 19.9 Å². The number of halogens is 1. The van der Waals surface area contributed by atoms with E-state index in [1.165, 1.54) is 0 Å². The van der Waals surface area contributed by atoms with Gasteiger partial charge < -0.3 is 15.2 Å². The van der Waals surface area contributed by atoms with Crippen LogP contribution in [-0.2, 0) is 0 Å². The molecule has 0 radical (unpaired) electrons. The average Bonchev–Trinajstić information content (AvgIpc) is 2.23. The second-order valence-corrected chi connectivity index (χ2v) is 4.51. The van der Waals surface area contributed by atoms with Crippen LogP contribution in [0, 0.1) is 6.92 Å². The van der Waals surface area contributed by atoms with E-state index in [0.29, 0.717) is 13.2 Å². The summed E-state index contributed by atoms with van der Waals surface area (Å²) in [4.78, 5) is 0. The van der Waals surface area contributed by atoms with Crippen LogP contribution in [0.5, 0.6) is 11.5 Å². The summed E-state index contributed by atoms with van der Waals surface area (Å²) in [7, 11) is 0. The fraction of sp³-hybridized carbons (Fsp3) is 0.455. The molecule has 0 fully saturated rings. The van der Waals surface area contributed by atoms with Crippen LogP contribution < -0.4 is 15.2 Å². The summed E-state index contributed by atoms with van der Waals surface area (Å²) in [5, 5.41) is 0. The minimum absolute atomic E-state index is 0.00266. The Hall–Kier alpha value is -0.740. The maximum Gasteiger partial charge on any atom is 0.175 e. The van der Waals surface area contributed by atoms with Gasteiger partial charge in [0.2, 0.25) is 0 Å². The van der Waals surface area contributed by atoms with E-state index < -0.39 is 0 Å². The minimum Gasteiger partial charge on any atom is -0.486 e. The molecule has 0 bridgehead atoms. The molecule has 1 aliphatic heterocycles. The van der Waals surface area contributed by atoms with Crippen LogP contribution in [0.2, 0.25) is 0 Å². The summed E-state index contributed by atoms with van der Waals surface area (Å²) in [5.41, 5.74) is 8.11. The maximum atomic E-state index is 5.90. The van der Waals surface area contributed by atoms with E-state index in [0.717, 1.165) is 27.1 Å². The molecule has 0 aromatic heterocycles. The zero-order valence-corrected chi connectivity index (χ0v) is 10.4. The predicted octanol–water partition coefficient (Wildman–Crippen LogP) is 2.55. The van der Waals surface area contributed by atoms with E-state index in [-0.39, 0.29) is 6.04 Å². The van der Waals surface area contributed by atoms with Gasteiger partial charge in [-0.2, -0.15) is 0 Å². The molecule has 3 nitrogen and oxygen atoms in total. The van der Waals surface area contributed by atoms with Crippen LogP contribution in [0.15, 0.2) is 10.5 Å². The van der Waals surface area contributed by atoms with E-state index >= 15 is 0 Å². The molecule has 15 heavy (non-hydrogen) atoms. The normalized spacial score (nSPS) is 16.3. The quantitative estimate of drug-likeness (QED) is 0.854. The monoisotopic (exact) mass is 271 g/mol. The van der Waals surface area contributed by atoms with Gasteiger partial charge in [0.1, 0.15) is 13.2 Å². The third-order valence-electron chi connectivity index (χ3n) is 2.55. The Bertz CT molecular complexity index is 391. The van der Waals surface area contributed by atoms with Gasteiger partial charge >= 0.3 is 0 Å². The largest absolute Gasteiger partial charge is 0.486 e. The molecule has 0 saturated heterocycles. The van der Waals surface area contributed by atoms with Crippen molar-refractivity contribution in [2.75, 3.05) is 13.2 Å². The lowest BCUT2D eigenvalue weighted by molar-refractivity contribution is 0.170. The topological polar surface area (TPSA) is 44.5 Å². The molecular weight excluding hydrogens is 258 g/mol. The standard InChI is InChI=1S/C11H14BrNO2/c1-6-8(7(2)13)5-9-11(10(6)12)15-4-3-14-9/h5,7H,3-4,13H2,1-2H3. The molecule has 0 aliphatic carbocycles. The number of nitrogens with two attached hydrogens (primary N) is 1. The summed E-state index contributed by atoms with van der Waals surface area (Å²) in [6, 6.07) is 1.97. The second-order valence-electron chi connectivity index (χ2n) is 3.72. The molecule has 1 heterocycles. The van der Waals surface area contributed by atoms with Crippen LogP contribution in [0.25, 0.3) is 0 Å². The van der Waals surface area contributed by atoms with Gasteiger partial charge in [-0.15, -0.1) is 0 Å². The smallest absolute Gasteiger partial charge is 0.175 e. The molecular formula is C11H14BrNO2. The second kappa shape index (κ2) is 4.02. The van der Waals surface area contributed by atoms with Gasteiger partial charge in [0.05, 0.1) is 4.47 Å². The molecule has 1 aromatic carbocycles. The number of ether oxygens (including phenoxy) is 2. The molecule has 1 aromatic rings. The lowest BCUT2D eigenvalue weighted by Gasteiger charge is -2.23. The zero-order chi connectivity index (χ0) is 11.0. The van der Waals surface area contributed by atoms with Crippen molar-refractivity contribution in [3.8, 4) is 11.5 Å². The minimum atomic E-state index is -0.00266. The molecule has 4 heteroatoms. The molecule has 0 spiro atoms. The van der Waals surface area contributed by atoms with Crippen molar-refractivity contribution < 1.29 is 9.47 Å². The predicted molar refractivity (Wildman–Crippen MR) is 62.5 cm³/mol. The van der Waals surface area contributed by atoms with Gasteiger partial charge in [-0.1, -0.05) is 0 Å². The Balaban J connectivity index is 2.57. The van der Waals surface area contributed by atoms with Crippen molar-refractivity contribution in [3.63, 3.8) is 0 Å². The molecule has 1 atom stereocenters. The van der Waals surface area contributed by atoms with Crippen LogP contribution in [-0.4, -0.2) is 13.2 Å². The fourth-order valence-corrected chi connectivity index (χ4v) is 2.27. The van der Waals surface area contributed by atoms with Crippen LogP contribution in [0.1, 0.15) is 24.1 Å². The average molecular weight is 272 g/mol. The lowest BCUT2D eigenvalue weighted by Crippen LogP contribution is -2.17. The third kappa shape index (κ3) is 1.84. The van der Waals surface area contributed by atoms with E-state index in [9.17, 15) is 0 Å². The van der Waals surface area contributed by atoms with Crippen LogP contribution >= 0.6 is 15.9 Å². The number of rotatable bonds is 1. The molecule has 0 saturated carbocycles. The first-order chi connectivity index (χ1) is 7.11. The number of benzene rings is 1. The third-order valence-corrected chi connectivity index (χ3v) is 3.50. The summed E-state index contributed by atoms with van der Waals surface area (Å²) in [6.45, 7) is 5.19. The van der Waals surface area contributed by atoms with Crippen LogP contribution in [0.3, 0.4) is 0 Å². The van der Waals surface area contributed by atoms with E-state index in [4.69, 9.17) is 15.2 Å². The molecule has 1 unspecified atom stereocenters. The molecule has 2 rings (SSSR count). The van der Waals surface area contributed by atoms with Gasteiger partial charge in [0.15, 0.2) is 11.5 Å². The number of hydrogen-bond donors (Lipinski definition) is 1. The Morgan fingerprint density at radius 3 is 2.73 bits per heavy atom. The van der Waals surface area contributed by atoms with Gasteiger partial charge in [-0.3, -0.25) is 0 Å². The molecule has 1 aliphatic rings. The van der Waals surface area contributed by atoms with E-state index in [1.54, 1.807) is 0 Å². The maximum absolute atomic E-state index is 5.90. The lowest BCUT2D eigenvalue weighted by atomic mass is 10.0. The van der Waals surface area contributed by atoms with Crippen LogP contribution in [0.4, 0.5) is 0 Å². The highest BCUT2D eigenvalue weighted by Gasteiger charge is 2.20. The Morgan fingerprint density at radius 2 is 2.07 bits per heavy atom. The number of fused-ring (bicyclic) bond motifs is 1.